The Morgan fingerprint density at radius 3 is 2.62 bits per heavy atom. The molecule has 1 amide bonds. The first-order valence-electron chi connectivity index (χ1n) is 9.48. The highest BCUT2D eigenvalue weighted by molar-refractivity contribution is 7.99. The van der Waals surface area contributed by atoms with Gasteiger partial charge in [0.1, 0.15) is 0 Å². The van der Waals surface area contributed by atoms with Crippen molar-refractivity contribution in [1.82, 2.24) is 4.31 Å². The molecule has 0 atom stereocenters. The van der Waals surface area contributed by atoms with E-state index in [1.807, 2.05) is 38.1 Å². The first-order valence-corrected chi connectivity index (χ1v) is 12.1. The van der Waals surface area contributed by atoms with Gasteiger partial charge in [-0.05, 0) is 48.7 Å². The van der Waals surface area contributed by atoms with E-state index in [0.29, 0.717) is 37.8 Å². The number of carbonyl (C=O) groups excluding carboxylic acids is 1. The zero-order valence-corrected chi connectivity index (χ0v) is 18.3. The van der Waals surface area contributed by atoms with Crippen molar-refractivity contribution in [1.29, 1.82) is 0 Å². The summed E-state index contributed by atoms with van der Waals surface area (Å²) in [7, 11) is -3.51. The Kier molecular flexibility index (Phi) is 7.34. The molecule has 3 rings (SSSR count). The molecule has 1 aliphatic rings. The van der Waals surface area contributed by atoms with E-state index >= 15 is 0 Å². The second-order valence-electron chi connectivity index (χ2n) is 6.95. The predicted molar refractivity (Wildman–Crippen MR) is 117 cm³/mol. The van der Waals surface area contributed by atoms with Crippen LogP contribution in [0.25, 0.3) is 0 Å². The number of amides is 1. The summed E-state index contributed by atoms with van der Waals surface area (Å²) in [6, 6.07) is 12.8. The first kappa shape index (κ1) is 21.8. The Labute approximate surface area is 176 Å². The Bertz CT molecular complexity index is 970. The normalized spacial score (nSPS) is 15.2. The van der Waals surface area contributed by atoms with Crippen molar-refractivity contribution in [2.45, 2.75) is 24.5 Å². The minimum absolute atomic E-state index is 0.0687. The fourth-order valence-electron chi connectivity index (χ4n) is 3.07. The average Bonchev–Trinajstić information content (AvgIpc) is 2.72. The number of sulfonamides is 1. The van der Waals surface area contributed by atoms with E-state index in [9.17, 15) is 13.2 Å². The van der Waals surface area contributed by atoms with Gasteiger partial charge in [-0.15, -0.1) is 11.8 Å². The summed E-state index contributed by atoms with van der Waals surface area (Å²) in [6.07, 6.45) is 0. The number of thioether (sulfide) groups is 1. The van der Waals surface area contributed by atoms with Crippen molar-refractivity contribution in [3.8, 4) is 0 Å². The van der Waals surface area contributed by atoms with Crippen LogP contribution in [0, 0.1) is 13.8 Å². The number of rotatable bonds is 7. The number of aryl methyl sites for hydroxylation is 1. The Morgan fingerprint density at radius 1 is 1.14 bits per heavy atom. The highest BCUT2D eigenvalue weighted by Crippen LogP contribution is 2.22. The molecule has 156 valence electrons. The Balaban J connectivity index is 1.56. The average molecular weight is 435 g/mol. The van der Waals surface area contributed by atoms with Crippen LogP contribution in [0.4, 0.5) is 5.69 Å². The number of carbonyl (C=O) groups is 1. The first-order chi connectivity index (χ1) is 13.9. The highest BCUT2D eigenvalue weighted by Gasteiger charge is 2.26. The van der Waals surface area contributed by atoms with Crippen molar-refractivity contribution in [3.63, 3.8) is 0 Å². The molecule has 0 spiro atoms. The number of anilines is 1. The largest absolute Gasteiger partial charge is 0.379 e. The van der Waals surface area contributed by atoms with Crippen molar-refractivity contribution in [2.24, 2.45) is 0 Å². The van der Waals surface area contributed by atoms with E-state index < -0.39 is 10.0 Å². The summed E-state index contributed by atoms with van der Waals surface area (Å²) < 4.78 is 32.3. The van der Waals surface area contributed by atoms with Crippen molar-refractivity contribution < 1.29 is 17.9 Å². The molecule has 0 aliphatic carbocycles. The summed E-state index contributed by atoms with van der Waals surface area (Å²) in [5, 5.41) is 2.94. The van der Waals surface area contributed by atoms with E-state index in [1.165, 1.54) is 16.1 Å². The summed E-state index contributed by atoms with van der Waals surface area (Å²) >= 11 is 1.46. The van der Waals surface area contributed by atoms with E-state index in [2.05, 4.69) is 5.32 Å². The van der Waals surface area contributed by atoms with Gasteiger partial charge in [0.25, 0.3) is 0 Å². The van der Waals surface area contributed by atoms with Crippen LogP contribution >= 0.6 is 11.8 Å². The van der Waals surface area contributed by atoms with Gasteiger partial charge in [0.2, 0.25) is 15.9 Å². The third-order valence-corrected chi connectivity index (χ3v) is 7.79. The number of nitrogens with zero attached hydrogens (tertiary/aromatic N) is 1. The minimum atomic E-state index is -3.51. The molecule has 1 saturated heterocycles. The molecule has 29 heavy (non-hydrogen) atoms. The second kappa shape index (κ2) is 9.75. The van der Waals surface area contributed by atoms with Gasteiger partial charge in [-0.1, -0.05) is 24.3 Å². The van der Waals surface area contributed by atoms with E-state index in [-0.39, 0.29) is 10.8 Å². The molecule has 1 fully saturated rings. The molecule has 1 heterocycles. The zero-order valence-electron chi connectivity index (χ0n) is 16.7. The van der Waals surface area contributed by atoms with Crippen molar-refractivity contribution in [3.05, 3.63) is 59.2 Å². The number of benzene rings is 2. The highest BCUT2D eigenvalue weighted by atomic mass is 32.2. The lowest BCUT2D eigenvalue weighted by atomic mass is 10.1. The molecular formula is C21H26N2O4S2. The van der Waals surface area contributed by atoms with Gasteiger partial charge in [-0.2, -0.15) is 4.31 Å². The maximum Gasteiger partial charge on any atom is 0.243 e. The smallest absolute Gasteiger partial charge is 0.243 e. The predicted octanol–water partition coefficient (Wildman–Crippen LogP) is 3.20. The van der Waals surface area contributed by atoms with Gasteiger partial charge in [0, 0.05) is 24.5 Å². The van der Waals surface area contributed by atoms with E-state index in [4.69, 9.17) is 4.74 Å². The van der Waals surface area contributed by atoms with E-state index in [1.54, 1.807) is 18.2 Å². The van der Waals surface area contributed by atoms with Gasteiger partial charge >= 0.3 is 0 Å². The number of nitrogens with one attached hydrogen (secondary N) is 1. The fourth-order valence-corrected chi connectivity index (χ4v) is 5.32. The van der Waals surface area contributed by atoms with Crippen LogP contribution in [0.5, 0.6) is 0 Å². The molecule has 0 radical (unpaired) electrons. The number of morpholine rings is 1. The molecule has 0 aromatic heterocycles. The summed E-state index contributed by atoms with van der Waals surface area (Å²) in [4.78, 5) is 12.5. The zero-order chi connectivity index (χ0) is 20.9. The van der Waals surface area contributed by atoms with Crippen molar-refractivity contribution >= 4 is 33.4 Å². The molecular weight excluding hydrogens is 408 g/mol. The lowest BCUT2D eigenvalue weighted by Gasteiger charge is -2.26. The number of ether oxygens (including phenoxy) is 1. The maximum absolute atomic E-state index is 12.8. The van der Waals surface area contributed by atoms with Crippen LogP contribution in [0.2, 0.25) is 0 Å². The molecule has 0 bridgehead atoms. The molecule has 2 aromatic rings. The van der Waals surface area contributed by atoms with Crippen LogP contribution in [-0.4, -0.2) is 50.7 Å². The maximum atomic E-state index is 12.8. The third-order valence-electron chi connectivity index (χ3n) is 4.89. The van der Waals surface area contributed by atoms with Gasteiger partial charge in [0.15, 0.2) is 0 Å². The van der Waals surface area contributed by atoms with Crippen LogP contribution in [0.1, 0.15) is 16.7 Å². The monoisotopic (exact) mass is 434 g/mol. The van der Waals surface area contributed by atoms with Crippen LogP contribution in [0.3, 0.4) is 0 Å². The quantitative estimate of drug-likeness (QED) is 0.724. The van der Waals surface area contributed by atoms with E-state index in [0.717, 1.165) is 22.4 Å². The Morgan fingerprint density at radius 2 is 1.86 bits per heavy atom. The van der Waals surface area contributed by atoms with Crippen LogP contribution < -0.4 is 5.32 Å². The SMILES string of the molecule is Cc1cccc(NC(=O)CSCc2cccc(S(=O)(=O)N3CCOCC3)c2)c1C. The van der Waals surface area contributed by atoms with Crippen LogP contribution in [-0.2, 0) is 25.3 Å². The third kappa shape index (κ3) is 5.60. The summed E-state index contributed by atoms with van der Waals surface area (Å²) in [5.41, 5.74) is 3.90. The molecule has 6 nitrogen and oxygen atoms in total. The summed E-state index contributed by atoms with van der Waals surface area (Å²) in [6.45, 7) is 5.59. The van der Waals surface area contributed by atoms with Gasteiger partial charge in [-0.3, -0.25) is 4.79 Å². The topological polar surface area (TPSA) is 75.7 Å². The molecule has 0 saturated carbocycles. The van der Waals surface area contributed by atoms with Gasteiger partial charge < -0.3 is 10.1 Å². The number of hydrogen-bond donors (Lipinski definition) is 1. The standard InChI is InChI=1S/C21H26N2O4S2/c1-16-5-3-8-20(17(16)2)22-21(24)15-28-14-18-6-4-7-19(13-18)29(25,26)23-9-11-27-12-10-23/h3-8,13H,9-12,14-15H2,1-2H3,(H,22,24). The molecule has 1 aliphatic heterocycles. The molecule has 2 aromatic carbocycles. The second-order valence-corrected chi connectivity index (χ2v) is 9.88. The minimum Gasteiger partial charge on any atom is -0.379 e. The molecule has 0 unspecified atom stereocenters. The molecule has 1 N–H and O–H groups in total. The Hall–Kier alpha value is -1.87. The van der Waals surface area contributed by atoms with Crippen molar-refractivity contribution in [2.75, 3.05) is 37.4 Å². The lowest BCUT2D eigenvalue weighted by Crippen LogP contribution is -2.40. The van der Waals surface area contributed by atoms with Crippen LogP contribution in [0.15, 0.2) is 47.4 Å². The molecule has 8 heteroatoms. The fraction of sp³-hybridized carbons (Fsp3) is 0.381. The lowest BCUT2D eigenvalue weighted by molar-refractivity contribution is -0.113. The summed E-state index contributed by atoms with van der Waals surface area (Å²) in [5.74, 6) is 0.793. The van der Waals surface area contributed by atoms with Gasteiger partial charge in [0.05, 0.1) is 23.9 Å². The van der Waals surface area contributed by atoms with Gasteiger partial charge in [-0.25, -0.2) is 8.42 Å². The number of hydrogen-bond acceptors (Lipinski definition) is 5.